The lowest BCUT2D eigenvalue weighted by molar-refractivity contribution is 0.0693. The first kappa shape index (κ1) is 9.79. The average molecular weight is 200 g/mol. The number of aromatic carboxylic acids is 1. The lowest BCUT2D eigenvalue weighted by atomic mass is 10.3. The highest BCUT2D eigenvalue weighted by Gasteiger charge is 2.18. The minimum absolute atomic E-state index is 0.0550. The standard InChI is InChI=1S/C7H8N2O3S/c1-2-13-7(12)5-4(6(10)11)3-8-9-5/h3H,2H2,1H3,(H,8,9)(H,10,11). The maximum atomic E-state index is 11.3. The molecule has 0 aliphatic carbocycles. The zero-order chi connectivity index (χ0) is 9.84. The summed E-state index contributed by atoms with van der Waals surface area (Å²) in [6.45, 7) is 1.82. The zero-order valence-electron chi connectivity index (χ0n) is 6.90. The van der Waals surface area contributed by atoms with Crippen molar-refractivity contribution < 1.29 is 14.7 Å². The molecule has 0 amide bonds. The number of carbonyl (C=O) groups is 2. The Labute approximate surface area is 78.5 Å². The third kappa shape index (κ3) is 2.09. The van der Waals surface area contributed by atoms with E-state index in [2.05, 4.69) is 10.2 Å². The van der Waals surface area contributed by atoms with Gasteiger partial charge in [-0.15, -0.1) is 0 Å². The van der Waals surface area contributed by atoms with Gasteiger partial charge in [0.1, 0.15) is 11.3 Å². The van der Waals surface area contributed by atoms with Crippen LogP contribution in [-0.2, 0) is 0 Å². The molecule has 1 rings (SSSR count). The smallest absolute Gasteiger partial charge is 0.339 e. The van der Waals surface area contributed by atoms with Gasteiger partial charge in [0.05, 0.1) is 6.20 Å². The van der Waals surface area contributed by atoms with Gasteiger partial charge in [0, 0.05) is 0 Å². The molecular formula is C7H8N2O3S. The second kappa shape index (κ2) is 4.08. The number of H-pyrrole nitrogens is 1. The van der Waals surface area contributed by atoms with Gasteiger partial charge in [-0.25, -0.2) is 4.79 Å². The number of nitrogens with one attached hydrogen (secondary N) is 1. The molecule has 1 aromatic heterocycles. The first-order valence-electron chi connectivity index (χ1n) is 3.60. The Bertz CT molecular complexity index is 334. The van der Waals surface area contributed by atoms with Gasteiger partial charge in [-0.3, -0.25) is 9.89 Å². The molecule has 0 saturated carbocycles. The molecule has 0 fully saturated rings. The lowest BCUT2D eigenvalue weighted by Crippen LogP contribution is -2.04. The van der Waals surface area contributed by atoms with Gasteiger partial charge in [-0.1, -0.05) is 18.7 Å². The summed E-state index contributed by atoms with van der Waals surface area (Å²) in [5.41, 5.74) is -0.0229. The highest BCUT2D eigenvalue weighted by Crippen LogP contribution is 2.13. The van der Waals surface area contributed by atoms with Crippen molar-refractivity contribution in [3.63, 3.8) is 0 Å². The maximum Gasteiger partial charge on any atom is 0.339 e. The van der Waals surface area contributed by atoms with Crippen molar-refractivity contribution in [1.29, 1.82) is 0 Å². The van der Waals surface area contributed by atoms with Crippen LogP contribution in [0, 0.1) is 0 Å². The predicted molar refractivity (Wildman–Crippen MR) is 48.0 cm³/mol. The van der Waals surface area contributed by atoms with Gasteiger partial charge in [0.2, 0.25) is 5.12 Å². The number of hydrogen-bond donors (Lipinski definition) is 2. The van der Waals surface area contributed by atoms with E-state index in [0.29, 0.717) is 5.75 Å². The second-order valence-electron chi connectivity index (χ2n) is 2.18. The van der Waals surface area contributed by atoms with E-state index in [-0.39, 0.29) is 16.4 Å². The zero-order valence-corrected chi connectivity index (χ0v) is 7.72. The van der Waals surface area contributed by atoms with E-state index in [1.54, 1.807) is 0 Å². The van der Waals surface area contributed by atoms with E-state index in [9.17, 15) is 9.59 Å². The first-order chi connectivity index (χ1) is 6.16. The lowest BCUT2D eigenvalue weighted by Gasteiger charge is -1.95. The molecular weight excluding hydrogens is 192 g/mol. The summed E-state index contributed by atoms with van der Waals surface area (Å²) < 4.78 is 0. The molecule has 1 aromatic rings. The molecule has 0 unspecified atom stereocenters. The molecule has 0 aromatic carbocycles. The van der Waals surface area contributed by atoms with E-state index in [1.807, 2.05) is 6.92 Å². The maximum absolute atomic E-state index is 11.3. The molecule has 70 valence electrons. The van der Waals surface area contributed by atoms with E-state index in [1.165, 1.54) is 0 Å². The number of rotatable bonds is 3. The van der Waals surface area contributed by atoms with Crippen LogP contribution in [0.5, 0.6) is 0 Å². The van der Waals surface area contributed by atoms with Crippen molar-refractivity contribution in [3.05, 3.63) is 17.5 Å². The van der Waals surface area contributed by atoms with E-state index >= 15 is 0 Å². The van der Waals surface area contributed by atoms with Crippen LogP contribution >= 0.6 is 11.8 Å². The summed E-state index contributed by atoms with van der Waals surface area (Å²) in [6, 6.07) is 0. The van der Waals surface area contributed by atoms with Gasteiger partial charge in [-0.2, -0.15) is 5.10 Å². The van der Waals surface area contributed by atoms with Crippen LogP contribution in [0.25, 0.3) is 0 Å². The second-order valence-corrected chi connectivity index (χ2v) is 3.42. The Morgan fingerprint density at radius 1 is 1.69 bits per heavy atom. The van der Waals surface area contributed by atoms with Crippen molar-refractivity contribution in [1.82, 2.24) is 10.2 Å². The van der Waals surface area contributed by atoms with Crippen molar-refractivity contribution in [2.24, 2.45) is 0 Å². The van der Waals surface area contributed by atoms with Crippen LogP contribution in [0.3, 0.4) is 0 Å². The molecule has 1 heterocycles. The minimum Gasteiger partial charge on any atom is -0.478 e. The fraction of sp³-hybridized carbons (Fsp3) is 0.286. The third-order valence-electron chi connectivity index (χ3n) is 1.35. The Balaban J connectivity index is 2.93. The van der Waals surface area contributed by atoms with Crippen molar-refractivity contribution in [3.8, 4) is 0 Å². The van der Waals surface area contributed by atoms with Crippen LogP contribution in [-0.4, -0.2) is 32.1 Å². The van der Waals surface area contributed by atoms with Gasteiger partial charge in [-0.05, 0) is 5.75 Å². The fourth-order valence-electron chi connectivity index (χ4n) is 0.807. The Hall–Kier alpha value is -1.30. The number of aromatic nitrogens is 2. The summed E-state index contributed by atoms with van der Waals surface area (Å²) in [5, 5.41) is 14.2. The molecule has 5 nitrogen and oxygen atoms in total. The summed E-state index contributed by atoms with van der Waals surface area (Å²) in [6.07, 6.45) is 1.13. The normalized spacial score (nSPS) is 9.92. The largest absolute Gasteiger partial charge is 0.478 e. The molecule has 0 atom stereocenters. The Morgan fingerprint density at radius 3 is 2.92 bits per heavy atom. The number of hydrogen-bond acceptors (Lipinski definition) is 4. The molecule has 0 bridgehead atoms. The van der Waals surface area contributed by atoms with Crippen LogP contribution in [0.4, 0.5) is 0 Å². The Morgan fingerprint density at radius 2 is 2.38 bits per heavy atom. The van der Waals surface area contributed by atoms with Crippen LogP contribution < -0.4 is 0 Å². The van der Waals surface area contributed by atoms with Crippen LogP contribution in [0.1, 0.15) is 27.8 Å². The molecule has 0 radical (unpaired) electrons. The highest BCUT2D eigenvalue weighted by molar-refractivity contribution is 8.14. The van der Waals surface area contributed by atoms with E-state index < -0.39 is 5.97 Å². The number of carboxylic acid groups (broad SMARTS) is 1. The monoisotopic (exact) mass is 200 g/mol. The molecule has 6 heteroatoms. The van der Waals surface area contributed by atoms with Crippen molar-refractivity contribution >= 4 is 22.8 Å². The number of aromatic amines is 1. The van der Waals surface area contributed by atoms with Gasteiger partial charge < -0.3 is 5.11 Å². The van der Waals surface area contributed by atoms with Crippen molar-refractivity contribution in [2.45, 2.75) is 6.92 Å². The quantitative estimate of drug-likeness (QED) is 0.760. The number of thioether (sulfide) groups is 1. The molecule has 0 spiro atoms. The van der Waals surface area contributed by atoms with Gasteiger partial charge >= 0.3 is 5.97 Å². The molecule has 0 aliphatic heterocycles. The number of carboxylic acids is 1. The summed E-state index contributed by atoms with van der Waals surface area (Å²) >= 11 is 1.05. The van der Waals surface area contributed by atoms with E-state index in [0.717, 1.165) is 18.0 Å². The highest BCUT2D eigenvalue weighted by atomic mass is 32.2. The molecule has 0 aliphatic rings. The SMILES string of the molecule is CCSC(=O)c1[nH]ncc1C(=O)O. The molecule has 0 saturated heterocycles. The Kier molecular flexibility index (Phi) is 3.07. The molecule has 2 N–H and O–H groups in total. The van der Waals surface area contributed by atoms with E-state index in [4.69, 9.17) is 5.11 Å². The summed E-state index contributed by atoms with van der Waals surface area (Å²) in [5.74, 6) is -0.537. The summed E-state index contributed by atoms with van der Waals surface area (Å²) in [4.78, 5) is 21.8. The third-order valence-corrected chi connectivity index (χ3v) is 2.10. The minimum atomic E-state index is -1.14. The topological polar surface area (TPSA) is 83.0 Å². The predicted octanol–water partition coefficient (Wildman–Crippen LogP) is 1.00. The van der Waals surface area contributed by atoms with Gasteiger partial charge in [0.15, 0.2) is 0 Å². The average Bonchev–Trinajstić information content (AvgIpc) is 2.52. The fourth-order valence-corrected chi connectivity index (χ4v) is 1.37. The number of nitrogens with zero attached hydrogens (tertiary/aromatic N) is 1. The molecule has 13 heavy (non-hydrogen) atoms. The van der Waals surface area contributed by atoms with Crippen LogP contribution in [0.15, 0.2) is 6.20 Å². The summed E-state index contributed by atoms with van der Waals surface area (Å²) in [7, 11) is 0. The van der Waals surface area contributed by atoms with Gasteiger partial charge in [0.25, 0.3) is 0 Å². The number of carbonyl (C=O) groups excluding carboxylic acids is 1. The van der Waals surface area contributed by atoms with Crippen LogP contribution in [0.2, 0.25) is 0 Å². The van der Waals surface area contributed by atoms with Crippen molar-refractivity contribution in [2.75, 3.05) is 5.75 Å². The first-order valence-corrected chi connectivity index (χ1v) is 4.59.